The number of nitrogens with zero attached hydrogens (tertiary/aromatic N) is 1. The molecular formula is C12H23NO. The molecule has 0 saturated carbocycles. The molecule has 1 heterocycles. The smallest absolute Gasteiger partial charge is 0.155 e. The number of carbonyl (C=O) groups is 1. The van der Waals surface area contributed by atoms with Crippen LogP contribution in [0.4, 0.5) is 0 Å². The molecule has 0 aromatic rings. The first-order valence-corrected chi connectivity index (χ1v) is 5.79. The third-order valence-corrected chi connectivity index (χ3v) is 3.56. The van der Waals surface area contributed by atoms with Crippen molar-refractivity contribution in [2.24, 2.45) is 5.92 Å². The zero-order chi connectivity index (χ0) is 10.8. The van der Waals surface area contributed by atoms with Gasteiger partial charge < -0.3 is 0 Å². The average molecular weight is 197 g/mol. The van der Waals surface area contributed by atoms with Gasteiger partial charge in [0.2, 0.25) is 0 Å². The summed E-state index contributed by atoms with van der Waals surface area (Å²) in [7, 11) is 0. The molecule has 1 aliphatic heterocycles. The summed E-state index contributed by atoms with van der Waals surface area (Å²) in [5.41, 5.74) is -0.244. The highest BCUT2D eigenvalue weighted by Gasteiger charge is 2.37. The van der Waals surface area contributed by atoms with Gasteiger partial charge in [-0.15, -0.1) is 0 Å². The third-order valence-electron chi connectivity index (χ3n) is 3.56. The molecule has 1 atom stereocenters. The number of hydrogen-bond acceptors (Lipinski definition) is 2. The summed E-state index contributed by atoms with van der Waals surface area (Å²) in [4.78, 5) is 14.5. The van der Waals surface area contributed by atoms with Crippen molar-refractivity contribution in [3.05, 3.63) is 0 Å². The Balaban J connectivity index is 2.67. The van der Waals surface area contributed by atoms with Crippen LogP contribution in [-0.4, -0.2) is 29.3 Å². The SMILES string of the molecule is CCC(C)C(=O)C(C)(C)N1CCCC1. The van der Waals surface area contributed by atoms with Crippen LogP contribution in [0, 0.1) is 5.92 Å². The summed E-state index contributed by atoms with van der Waals surface area (Å²) in [6.07, 6.45) is 3.45. The highest BCUT2D eigenvalue weighted by Crippen LogP contribution is 2.25. The summed E-state index contributed by atoms with van der Waals surface area (Å²) >= 11 is 0. The topological polar surface area (TPSA) is 20.3 Å². The Labute approximate surface area is 87.7 Å². The monoisotopic (exact) mass is 197 g/mol. The Hall–Kier alpha value is -0.370. The zero-order valence-electron chi connectivity index (χ0n) is 9.97. The summed E-state index contributed by atoms with van der Waals surface area (Å²) in [5.74, 6) is 0.604. The van der Waals surface area contributed by atoms with Gasteiger partial charge in [-0.2, -0.15) is 0 Å². The van der Waals surface area contributed by atoms with Crippen LogP contribution < -0.4 is 0 Å². The Bertz CT molecular complexity index is 204. The first-order chi connectivity index (χ1) is 6.50. The van der Waals surface area contributed by atoms with E-state index in [0.717, 1.165) is 19.5 Å². The second-order valence-electron chi connectivity index (χ2n) is 4.93. The van der Waals surface area contributed by atoms with Crippen molar-refractivity contribution < 1.29 is 4.79 Å². The number of likely N-dealkylation sites (tertiary alicyclic amines) is 1. The zero-order valence-corrected chi connectivity index (χ0v) is 9.97. The molecule has 82 valence electrons. The van der Waals surface area contributed by atoms with Gasteiger partial charge >= 0.3 is 0 Å². The average Bonchev–Trinajstić information content (AvgIpc) is 2.68. The van der Waals surface area contributed by atoms with Crippen LogP contribution in [-0.2, 0) is 4.79 Å². The second-order valence-corrected chi connectivity index (χ2v) is 4.93. The maximum Gasteiger partial charge on any atom is 0.155 e. The van der Waals surface area contributed by atoms with Gasteiger partial charge in [0, 0.05) is 5.92 Å². The normalized spacial score (nSPS) is 21.1. The van der Waals surface area contributed by atoms with Crippen molar-refractivity contribution in [3.8, 4) is 0 Å². The van der Waals surface area contributed by atoms with E-state index in [4.69, 9.17) is 0 Å². The Morgan fingerprint density at radius 1 is 1.36 bits per heavy atom. The number of Topliss-reactive ketones (excluding diaryl/α,β-unsaturated/α-hetero) is 1. The van der Waals surface area contributed by atoms with E-state index < -0.39 is 0 Å². The highest BCUT2D eigenvalue weighted by atomic mass is 16.1. The molecule has 14 heavy (non-hydrogen) atoms. The van der Waals surface area contributed by atoms with Crippen LogP contribution in [0.1, 0.15) is 47.0 Å². The Morgan fingerprint density at radius 2 is 1.86 bits per heavy atom. The molecule has 2 heteroatoms. The fourth-order valence-corrected chi connectivity index (χ4v) is 2.22. The summed E-state index contributed by atoms with van der Waals surface area (Å²) in [6.45, 7) is 10.5. The van der Waals surface area contributed by atoms with E-state index in [1.165, 1.54) is 12.8 Å². The van der Waals surface area contributed by atoms with Crippen molar-refractivity contribution >= 4 is 5.78 Å². The van der Waals surface area contributed by atoms with E-state index in [1.807, 2.05) is 6.92 Å². The molecule has 0 bridgehead atoms. The largest absolute Gasteiger partial charge is 0.297 e. The van der Waals surface area contributed by atoms with Crippen LogP contribution in [0.25, 0.3) is 0 Å². The number of rotatable bonds is 4. The van der Waals surface area contributed by atoms with Crippen molar-refractivity contribution in [1.29, 1.82) is 0 Å². The van der Waals surface area contributed by atoms with Crippen LogP contribution in [0.15, 0.2) is 0 Å². The Kier molecular flexibility index (Phi) is 3.71. The molecule has 1 fully saturated rings. The van der Waals surface area contributed by atoms with Crippen LogP contribution >= 0.6 is 0 Å². The van der Waals surface area contributed by atoms with Gasteiger partial charge in [-0.1, -0.05) is 13.8 Å². The summed E-state index contributed by atoms with van der Waals surface area (Å²) < 4.78 is 0. The fraction of sp³-hybridized carbons (Fsp3) is 0.917. The molecule has 0 aromatic heterocycles. The molecule has 0 amide bonds. The quantitative estimate of drug-likeness (QED) is 0.690. The molecule has 0 radical (unpaired) electrons. The molecule has 0 N–H and O–H groups in total. The summed E-state index contributed by atoms with van der Waals surface area (Å²) in [5, 5.41) is 0. The minimum atomic E-state index is -0.244. The lowest BCUT2D eigenvalue weighted by molar-refractivity contribution is -0.132. The summed E-state index contributed by atoms with van der Waals surface area (Å²) in [6, 6.07) is 0. The molecule has 1 aliphatic rings. The second kappa shape index (κ2) is 4.43. The minimum absolute atomic E-state index is 0.200. The molecule has 0 aromatic carbocycles. The van der Waals surface area contributed by atoms with E-state index in [0.29, 0.717) is 5.78 Å². The fourth-order valence-electron chi connectivity index (χ4n) is 2.22. The van der Waals surface area contributed by atoms with Gasteiger partial charge in [-0.3, -0.25) is 9.69 Å². The highest BCUT2D eigenvalue weighted by molar-refractivity contribution is 5.89. The van der Waals surface area contributed by atoms with E-state index in [2.05, 4.69) is 25.7 Å². The van der Waals surface area contributed by atoms with Crippen molar-refractivity contribution in [1.82, 2.24) is 4.90 Å². The molecule has 1 unspecified atom stereocenters. The molecule has 1 saturated heterocycles. The number of ketones is 1. The molecule has 2 nitrogen and oxygen atoms in total. The predicted molar refractivity (Wildman–Crippen MR) is 59.3 cm³/mol. The van der Waals surface area contributed by atoms with Gasteiger partial charge in [0.25, 0.3) is 0 Å². The standard InChI is InChI=1S/C12H23NO/c1-5-10(2)11(14)12(3,4)13-8-6-7-9-13/h10H,5-9H2,1-4H3. The van der Waals surface area contributed by atoms with Crippen molar-refractivity contribution in [3.63, 3.8) is 0 Å². The van der Waals surface area contributed by atoms with E-state index in [1.54, 1.807) is 0 Å². The van der Waals surface area contributed by atoms with Crippen LogP contribution in [0.2, 0.25) is 0 Å². The first kappa shape index (κ1) is 11.7. The van der Waals surface area contributed by atoms with E-state index in [-0.39, 0.29) is 11.5 Å². The lowest BCUT2D eigenvalue weighted by atomic mass is 9.87. The predicted octanol–water partition coefficient (Wildman–Crippen LogP) is 2.48. The minimum Gasteiger partial charge on any atom is -0.297 e. The number of carbonyl (C=O) groups excluding carboxylic acids is 1. The van der Waals surface area contributed by atoms with Crippen LogP contribution in [0.5, 0.6) is 0 Å². The third kappa shape index (κ3) is 2.17. The van der Waals surface area contributed by atoms with Crippen molar-refractivity contribution in [2.75, 3.05) is 13.1 Å². The van der Waals surface area contributed by atoms with Crippen molar-refractivity contribution in [2.45, 2.75) is 52.5 Å². The number of hydrogen-bond donors (Lipinski definition) is 0. The van der Waals surface area contributed by atoms with E-state index in [9.17, 15) is 4.79 Å². The molecular weight excluding hydrogens is 174 g/mol. The maximum absolute atomic E-state index is 12.1. The molecule has 0 spiro atoms. The maximum atomic E-state index is 12.1. The van der Waals surface area contributed by atoms with Gasteiger partial charge in [0.15, 0.2) is 5.78 Å². The van der Waals surface area contributed by atoms with Gasteiger partial charge in [0.05, 0.1) is 5.54 Å². The molecule has 1 rings (SSSR count). The van der Waals surface area contributed by atoms with Gasteiger partial charge in [-0.25, -0.2) is 0 Å². The lowest BCUT2D eigenvalue weighted by Crippen LogP contribution is -2.50. The Morgan fingerprint density at radius 3 is 2.29 bits per heavy atom. The van der Waals surface area contributed by atoms with Crippen LogP contribution in [0.3, 0.4) is 0 Å². The van der Waals surface area contributed by atoms with Gasteiger partial charge in [0.1, 0.15) is 0 Å². The lowest BCUT2D eigenvalue weighted by Gasteiger charge is -2.35. The first-order valence-electron chi connectivity index (χ1n) is 5.79. The van der Waals surface area contributed by atoms with E-state index >= 15 is 0 Å². The molecule has 0 aliphatic carbocycles. The van der Waals surface area contributed by atoms with Gasteiger partial charge in [-0.05, 0) is 46.2 Å².